The second-order valence-corrected chi connectivity index (χ2v) is 21.1. The minimum Gasteiger partial charge on any atom is -0.508 e. The van der Waals surface area contributed by atoms with Crippen molar-refractivity contribution in [2.45, 2.75) is 90.9 Å². The van der Waals surface area contributed by atoms with Crippen molar-refractivity contribution in [2.24, 2.45) is 5.73 Å². The molecule has 3 aromatic rings. The van der Waals surface area contributed by atoms with Crippen LogP contribution in [0.3, 0.4) is 0 Å². The predicted octanol–water partition coefficient (Wildman–Crippen LogP) is 7.89. The number of aromatic hydroxyl groups is 1. The Morgan fingerprint density at radius 3 is 2.17 bits per heavy atom. The van der Waals surface area contributed by atoms with Crippen molar-refractivity contribution < 1.29 is 47.8 Å². The van der Waals surface area contributed by atoms with Gasteiger partial charge in [-0.1, -0.05) is 70.6 Å². The standard InChI is InChI=1S/C32H59N8O6P.C20H12O5/c1-6-8-10-11-13-16-28(42)26-47(44,37(3)4)40-20-18-39(19-21-40)31-34-30(38(5)25-29(33)43)35-32(36-31)46-24-23-45-22-14-17-27(41)15-12-9-7-2;21-11-5-7-15-17(9-11)25-18-10-12(22)6-8-16(18)19(15)13-3-1-2-4-14(13)20(23)24/h6-26H2,1-5H3,(H2,33,43);1-10,21H,(H,23,24). The molecule has 1 saturated heterocycles. The minimum absolute atomic E-state index is 0.0198. The van der Waals surface area contributed by atoms with Crippen LogP contribution in [0, 0.1) is 0 Å². The summed E-state index contributed by atoms with van der Waals surface area (Å²) in [6.07, 6.45) is 10.7. The molecule has 3 heterocycles. The molecule has 0 bridgehead atoms. The smallest absolute Gasteiger partial charge is 0.336 e. The first kappa shape index (κ1) is 56.6. The maximum Gasteiger partial charge on any atom is 0.336 e. The van der Waals surface area contributed by atoms with Gasteiger partial charge >= 0.3 is 12.0 Å². The van der Waals surface area contributed by atoms with Gasteiger partial charge in [-0.2, -0.15) is 15.0 Å². The van der Waals surface area contributed by atoms with Crippen LogP contribution in [0.1, 0.15) is 101 Å². The molecule has 6 rings (SSSR count). The van der Waals surface area contributed by atoms with E-state index in [0.717, 1.165) is 44.9 Å². The number of likely N-dealkylation sites (N-methyl/N-ethyl adjacent to an activating group) is 1. The van der Waals surface area contributed by atoms with E-state index in [1.54, 1.807) is 56.1 Å². The molecule has 72 heavy (non-hydrogen) atoms. The molecule has 0 radical (unpaired) electrons. The number of aromatic nitrogens is 3. The van der Waals surface area contributed by atoms with Crippen LogP contribution in [0.4, 0.5) is 11.9 Å². The van der Waals surface area contributed by atoms with Crippen LogP contribution in [-0.4, -0.2) is 138 Å². The number of piperazine rings is 1. The van der Waals surface area contributed by atoms with Gasteiger partial charge in [0.05, 0.1) is 24.9 Å². The Kier molecular flexibility index (Phi) is 22.1. The van der Waals surface area contributed by atoms with Crippen LogP contribution in [0.5, 0.6) is 11.8 Å². The van der Waals surface area contributed by atoms with E-state index >= 15 is 0 Å². The summed E-state index contributed by atoms with van der Waals surface area (Å²) in [4.78, 5) is 76.7. The molecule has 20 heteroatoms. The third-order valence-electron chi connectivity index (χ3n) is 12.2. The van der Waals surface area contributed by atoms with E-state index in [4.69, 9.17) is 19.6 Å². The number of ether oxygens (including phenoxy) is 2. The Bertz CT molecular complexity index is 2670. The van der Waals surface area contributed by atoms with Crippen LogP contribution in [0.25, 0.3) is 33.4 Å². The monoisotopic (exact) mass is 1010 g/mol. The molecule has 390 valence electrons. The van der Waals surface area contributed by atoms with Gasteiger partial charge < -0.3 is 39.6 Å². The first-order valence-electron chi connectivity index (χ1n) is 24.8. The molecule has 1 aliphatic carbocycles. The summed E-state index contributed by atoms with van der Waals surface area (Å²) in [6, 6.07) is 15.8. The topological polar surface area (TPSA) is 252 Å². The number of hydrogen-bond donors (Lipinski definition) is 3. The van der Waals surface area contributed by atoms with Gasteiger partial charge in [0.25, 0.3) is 0 Å². The van der Waals surface area contributed by atoms with Gasteiger partial charge in [-0.05, 0) is 69.3 Å². The molecule has 1 atom stereocenters. The molecule has 1 aromatic heterocycles. The number of fused-ring (bicyclic) bond motifs is 2. The molecule has 1 fully saturated rings. The number of nitrogens with two attached hydrogens (primary N) is 1. The maximum atomic E-state index is 14.1. The lowest BCUT2D eigenvalue weighted by atomic mass is 9.91. The fourth-order valence-corrected chi connectivity index (χ4v) is 10.8. The molecule has 19 nitrogen and oxygen atoms in total. The van der Waals surface area contributed by atoms with Gasteiger partial charge in [-0.25, -0.2) is 14.1 Å². The third-order valence-corrected chi connectivity index (χ3v) is 15.5. The first-order chi connectivity index (χ1) is 34.5. The zero-order valence-corrected chi connectivity index (χ0v) is 43.2. The van der Waals surface area contributed by atoms with Crippen molar-refractivity contribution in [3.05, 3.63) is 76.5 Å². The highest BCUT2D eigenvalue weighted by Gasteiger charge is 2.38. The fraction of sp³-hybridized carbons (Fsp3) is 0.500. The fourth-order valence-electron chi connectivity index (χ4n) is 8.35. The number of anilines is 2. The zero-order chi connectivity index (χ0) is 52.2. The average Bonchev–Trinajstić information content (AvgIpc) is 3.35. The lowest BCUT2D eigenvalue weighted by Crippen LogP contribution is -2.47. The molecule has 0 saturated carbocycles. The van der Waals surface area contributed by atoms with E-state index in [-0.39, 0.29) is 59.6 Å². The number of rotatable bonds is 28. The molecule has 0 spiro atoms. The van der Waals surface area contributed by atoms with Crippen molar-refractivity contribution in [2.75, 3.05) is 89.6 Å². The SMILES string of the molecule is CCCCCCCC(=O)CP(=O)(N(C)C)N1CCN(c2nc(OCCOCCCC(=O)CCCCC)nc(N(C)CC(N)=O)n2)CC1.O=C(O)c1ccccc1-c1c2ccc(=O)cc-2oc2cc(O)ccc12. The number of primary amides is 1. The number of amides is 1. The van der Waals surface area contributed by atoms with E-state index in [0.29, 0.717) is 104 Å². The number of nitrogens with zero attached hydrogens (tertiary/aromatic N) is 7. The number of Topliss-reactive ketones (excluding diaryl/α,β-unsaturated/α-hetero) is 2. The number of hydrogen-bond acceptors (Lipinski definition) is 15. The summed E-state index contributed by atoms with van der Waals surface area (Å²) < 4.78 is 35.0. The lowest BCUT2D eigenvalue weighted by molar-refractivity contribution is -0.119. The lowest BCUT2D eigenvalue weighted by Gasteiger charge is -2.41. The largest absolute Gasteiger partial charge is 0.508 e. The van der Waals surface area contributed by atoms with Crippen molar-refractivity contribution in [1.29, 1.82) is 0 Å². The molecule has 1 unspecified atom stereocenters. The van der Waals surface area contributed by atoms with Crippen molar-refractivity contribution in [3.63, 3.8) is 0 Å². The Morgan fingerprint density at radius 2 is 1.46 bits per heavy atom. The van der Waals surface area contributed by atoms with E-state index < -0.39 is 19.3 Å². The number of carbonyl (C=O) groups is 4. The number of carboxylic acids is 1. The molecular weight excluding hydrogens is 944 g/mol. The second-order valence-electron chi connectivity index (χ2n) is 18.1. The van der Waals surface area contributed by atoms with E-state index in [1.165, 1.54) is 41.7 Å². The van der Waals surface area contributed by atoms with E-state index in [2.05, 4.69) is 28.8 Å². The van der Waals surface area contributed by atoms with Crippen LogP contribution in [0.15, 0.2) is 69.9 Å². The Labute approximate surface area is 421 Å². The number of phenolic OH excluding ortho intramolecular Hbond substituents is 1. The molecule has 2 aliphatic heterocycles. The third kappa shape index (κ3) is 16.4. The summed E-state index contributed by atoms with van der Waals surface area (Å²) >= 11 is 0. The molecular formula is C52H71N8O11P. The van der Waals surface area contributed by atoms with Crippen molar-refractivity contribution in [3.8, 4) is 34.2 Å². The number of unbranched alkanes of at least 4 members (excludes halogenated alkanes) is 6. The first-order valence-corrected chi connectivity index (χ1v) is 26.6. The number of carbonyl (C=O) groups excluding carboxylic acids is 3. The van der Waals surface area contributed by atoms with Gasteiger partial charge in [0.1, 0.15) is 35.3 Å². The van der Waals surface area contributed by atoms with Gasteiger partial charge in [-0.15, -0.1) is 0 Å². The van der Waals surface area contributed by atoms with Crippen LogP contribution < -0.4 is 25.7 Å². The normalized spacial score (nSPS) is 13.7. The molecule has 2 aromatic carbocycles. The summed E-state index contributed by atoms with van der Waals surface area (Å²) in [7, 11) is 2.14. The molecule has 4 N–H and O–H groups in total. The Balaban J connectivity index is 0.000000319. The molecule has 3 aliphatic rings. The Morgan fingerprint density at radius 1 is 0.778 bits per heavy atom. The minimum atomic E-state index is -3.07. The van der Waals surface area contributed by atoms with Crippen LogP contribution in [0.2, 0.25) is 0 Å². The second kappa shape index (κ2) is 28.1. The number of ketones is 2. The van der Waals surface area contributed by atoms with Crippen molar-refractivity contribution >= 4 is 53.8 Å². The number of benzene rings is 3. The highest BCUT2D eigenvalue weighted by atomic mass is 31.2. The molecule has 1 amide bonds. The van der Waals surface area contributed by atoms with Crippen LogP contribution >= 0.6 is 7.44 Å². The zero-order valence-electron chi connectivity index (χ0n) is 42.3. The van der Waals surface area contributed by atoms with E-state index in [9.17, 15) is 38.8 Å². The summed E-state index contributed by atoms with van der Waals surface area (Å²) in [5.41, 5.74) is 7.51. The number of phenols is 1. The van der Waals surface area contributed by atoms with Gasteiger partial charge in [0.2, 0.25) is 25.2 Å². The maximum absolute atomic E-state index is 14.1. The number of aromatic carboxylic acids is 1. The average molecular weight is 1020 g/mol. The van der Waals surface area contributed by atoms with E-state index in [1.807, 2.05) is 9.57 Å². The van der Waals surface area contributed by atoms with Gasteiger partial charge in [-0.3, -0.25) is 23.7 Å². The number of carboxylic acid groups (broad SMARTS) is 1. The highest BCUT2D eigenvalue weighted by molar-refractivity contribution is 7.60. The predicted molar refractivity (Wildman–Crippen MR) is 278 cm³/mol. The summed E-state index contributed by atoms with van der Waals surface area (Å²) in [5.74, 6) is -0.303. The summed E-state index contributed by atoms with van der Waals surface area (Å²) in [5, 5.41) is 19.9. The van der Waals surface area contributed by atoms with Crippen LogP contribution in [-0.2, 0) is 23.7 Å². The van der Waals surface area contributed by atoms with Gasteiger partial charge in [0, 0.05) is 87.7 Å². The quantitative estimate of drug-likeness (QED) is 0.0245. The Hall–Kier alpha value is -6.27. The highest BCUT2D eigenvalue weighted by Crippen LogP contribution is 2.52. The summed E-state index contributed by atoms with van der Waals surface area (Å²) in [6.45, 7) is 7.03. The van der Waals surface area contributed by atoms with Gasteiger partial charge in [0.15, 0.2) is 5.43 Å². The van der Waals surface area contributed by atoms with Crippen molar-refractivity contribution in [1.82, 2.24) is 24.3 Å².